The Morgan fingerprint density at radius 2 is 1.97 bits per heavy atom. The molecule has 9 heteroatoms. The quantitative estimate of drug-likeness (QED) is 0.207. The summed E-state index contributed by atoms with van der Waals surface area (Å²) in [4.78, 5) is 43.6. The molecule has 0 aliphatic rings. The number of nitrogens with zero attached hydrogens (tertiary/aromatic N) is 2. The fourth-order valence-electron chi connectivity index (χ4n) is 3.19. The lowest BCUT2D eigenvalue weighted by Gasteiger charge is -2.12. The molecule has 1 amide bonds. The van der Waals surface area contributed by atoms with Crippen LogP contribution in [-0.2, 0) is 16.1 Å². The highest BCUT2D eigenvalue weighted by atomic mass is 32.2. The number of esters is 1. The third-order valence-electron chi connectivity index (χ3n) is 4.84. The Kier molecular flexibility index (Phi) is 8.46. The molecule has 2 heterocycles. The number of aryl methyl sites for hydroxylation is 1. The highest BCUT2D eigenvalue weighted by Crippen LogP contribution is 2.30. The number of carbonyl (C=O) groups is 2. The Bertz CT molecular complexity index is 1160. The molecule has 32 heavy (non-hydrogen) atoms. The highest BCUT2D eigenvalue weighted by molar-refractivity contribution is 7.99. The molecular weight excluding hydrogens is 446 g/mol. The summed E-state index contributed by atoms with van der Waals surface area (Å²) in [6, 6.07) is 9.61. The predicted octanol–water partition coefficient (Wildman–Crippen LogP) is 4.00. The van der Waals surface area contributed by atoms with Crippen LogP contribution in [0.3, 0.4) is 0 Å². The summed E-state index contributed by atoms with van der Waals surface area (Å²) in [5.74, 6) is -0.393. The van der Waals surface area contributed by atoms with Gasteiger partial charge < -0.3 is 10.1 Å². The number of amides is 1. The van der Waals surface area contributed by atoms with Crippen LogP contribution in [0.4, 0.5) is 0 Å². The van der Waals surface area contributed by atoms with Crippen LogP contribution in [0.5, 0.6) is 0 Å². The van der Waals surface area contributed by atoms with Gasteiger partial charge >= 0.3 is 5.97 Å². The van der Waals surface area contributed by atoms with Crippen molar-refractivity contribution in [1.82, 2.24) is 14.9 Å². The summed E-state index contributed by atoms with van der Waals surface area (Å²) in [5.41, 5.74) is 1.30. The Morgan fingerprint density at radius 1 is 1.22 bits per heavy atom. The van der Waals surface area contributed by atoms with Crippen molar-refractivity contribution in [3.8, 4) is 0 Å². The van der Waals surface area contributed by atoms with E-state index in [4.69, 9.17) is 4.74 Å². The van der Waals surface area contributed by atoms with Gasteiger partial charge in [-0.1, -0.05) is 55.4 Å². The van der Waals surface area contributed by atoms with Gasteiger partial charge in [-0.25, -0.2) is 9.78 Å². The maximum Gasteiger partial charge on any atom is 0.348 e. The van der Waals surface area contributed by atoms with Gasteiger partial charge in [0.25, 0.3) is 5.56 Å². The molecule has 0 aliphatic heterocycles. The van der Waals surface area contributed by atoms with Crippen LogP contribution >= 0.6 is 23.1 Å². The Balaban J connectivity index is 2.00. The smallest absolute Gasteiger partial charge is 0.348 e. The third kappa shape index (κ3) is 5.58. The average molecular weight is 474 g/mol. The van der Waals surface area contributed by atoms with E-state index < -0.39 is 5.97 Å². The van der Waals surface area contributed by atoms with Crippen molar-refractivity contribution < 1.29 is 14.3 Å². The molecule has 0 unspecified atom stereocenters. The maximum atomic E-state index is 13.5. The number of aromatic nitrogens is 2. The van der Waals surface area contributed by atoms with E-state index in [0.717, 1.165) is 29.7 Å². The Morgan fingerprint density at radius 3 is 2.66 bits per heavy atom. The van der Waals surface area contributed by atoms with Gasteiger partial charge in [0, 0.05) is 6.54 Å². The second-order valence-electron chi connectivity index (χ2n) is 7.22. The number of carbonyl (C=O) groups excluding carboxylic acids is 2. The van der Waals surface area contributed by atoms with Crippen LogP contribution in [0.15, 0.2) is 40.3 Å². The molecule has 170 valence electrons. The molecule has 1 aromatic carbocycles. The molecule has 3 rings (SSSR count). The molecule has 0 spiro atoms. The largest absolute Gasteiger partial charge is 0.462 e. The van der Waals surface area contributed by atoms with Gasteiger partial charge in [-0.3, -0.25) is 14.2 Å². The number of hydrogen-bond donors (Lipinski definition) is 1. The van der Waals surface area contributed by atoms with Gasteiger partial charge in [-0.2, -0.15) is 0 Å². The zero-order chi connectivity index (χ0) is 23.1. The van der Waals surface area contributed by atoms with Gasteiger partial charge in [-0.15, -0.1) is 11.3 Å². The fourth-order valence-corrected chi connectivity index (χ4v) is 5.14. The molecule has 7 nitrogen and oxygen atoms in total. The normalized spacial score (nSPS) is 11.0. The van der Waals surface area contributed by atoms with Crippen molar-refractivity contribution in [2.24, 2.45) is 0 Å². The second-order valence-corrected chi connectivity index (χ2v) is 9.16. The van der Waals surface area contributed by atoms with Gasteiger partial charge in [0.05, 0.1) is 24.3 Å². The summed E-state index contributed by atoms with van der Waals surface area (Å²) in [6.07, 6.45) is 1.92. The first-order valence-corrected chi connectivity index (χ1v) is 12.4. The number of thioether (sulfide) groups is 1. The summed E-state index contributed by atoms with van der Waals surface area (Å²) in [7, 11) is 0. The summed E-state index contributed by atoms with van der Waals surface area (Å²) in [5, 5.41) is 3.76. The lowest BCUT2D eigenvalue weighted by Crippen LogP contribution is -2.28. The van der Waals surface area contributed by atoms with Crippen molar-refractivity contribution in [2.45, 2.75) is 45.3 Å². The first kappa shape index (κ1) is 24.0. The number of thiophene rings is 1. The van der Waals surface area contributed by atoms with Crippen LogP contribution < -0.4 is 10.9 Å². The summed E-state index contributed by atoms with van der Waals surface area (Å²) < 4.78 is 6.72. The van der Waals surface area contributed by atoms with Crippen molar-refractivity contribution in [2.75, 3.05) is 18.9 Å². The topological polar surface area (TPSA) is 90.3 Å². The molecular formula is C23H27N3O4S2. The maximum absolute atomic E-state index is 13.5. The minimum Gasteiger partial charge on any atom is -0.462 e. The van der Waals surface area contributed by atoms with Crippen LogP contribution in [0, 0.1) is 6.92 Å². The zero-order valence-corrected chi connectivity index (χ0v) is 20.1. The van der Waals surface area contributed by atoms with E-state index >= 15 is 0 Å². The first-order valence-electron chi connectivity index (χ1n) is 10.6. The van der Waals surface area contributed by atoms with Crippen LogP contribution in [0.25, 0.3) is 10.2 Å². The summed E-state index contributed by atoms with van der Waals surface area (Å²) >= 11 is 2.38. The van der Waals surface area contributed by atoms with Gasteiger partial charge in [0.15, 0.2) is 5.16 Å². The number of rotatable bonds is 10. The minimum absolute atomic E-state index is 0.0985. The van der Waals surface area contributed by atoms with E-state index in [9.17, 15) is 14.4 Å². The highest BCUT2D eigenvalue weighted by Gasteiger charge is 2.23. The van der Waals surface area contributed by atoms with Crippen LogP contribution in [0.1, 0.15) is 47.5 Å². The third-order valence-corrected chi connectivity index (χ3v) is 6.99. The van der Waals surface area contributed by atoms with Crippen LogP contribution in [0.2, 0.25) is 0 Å². The monoisotopic (exact) mass is 473 g/mol. The fraction of sp³-hybridized carbons (Fsp3) is 0.391. The number of hydrogen-bond acceptors (Lipinski definition) is 7. The van der Waals surface area contributed by atoms with E-state index in [1.165, 1.54) is 11.8 Å². The number of ether oxygens (including phenoxy) is 1. The number of benzene rings is 1. The number of unbranched alkanes of at least 4 members (excludes halogenated alkanes) is 1. The van der Waals surface area contributed by atoms with Crippen molar-refractivity contribution in [1.29, 1.82) is 0 Å². The number of fused-ring (bicyclic) bond motifs is 1. The minimum atomic E-state index is -0.452. The first-order chi connectivity index (χ1) is 15.5. The van der Waals surface area contributed by atoms with Crippen molar-refractivity contribution in [3.05, 3.63) is 56.7 Å². The van der Waals surface area contributed by atoms with E-state index in [1.807, 2.05) is 30.3 Å². The van der Waals surface area contributed by atoms with Crippen molar-refractivity contribution >= 4 is 45.2 Å². The van der Waals surface area contributed by atoms with E-state index in [2.05, 4.69) is 17.2 Å². The number of nitrogens with one attached hydrogen (secondary N) is 1. The van der Waals surface area contributed by atoms with Gasteiger partial charge in [0.1, 0.15) is 9.71 Å². The van der Waals surface area contributed by atoms with E-state index in [-0.39, 0.29) is 23.8 Å². The molecule has 2 aromatic heterocycles. The average Bonchev–Trinajstić information content (AvgIpc) is 3.12. The molecule has 0 fully saturated rings. The molecule has 0 radical (unpaired) electrons. The predicted molar refractivity (Wildman–Crippen MR) is 129 cm³/mol. The lowest BCUT2D eigenvalue weighted by atomic mass is 10.2. The van der Waals surface area contributed by atoms with Crippen LogP contribution in [-0.4, -0.2) is 40.3 Å². The Hall–Kier alpha value is -2.65. The molecule has 0 saturated carbocycles. The Labute approximate surface area is 195 Å². The zero-order valence-electron chi connectivity index (χ0n) is 18.5. The summed E-state index contributed by atoms with van der Waals surface area (Å²) in [6.45, 7) is 6.77. The molecule has 0 aliphatic carbocycles. The molecule has 0 bridgehead atoms. The standard InChI is InChI=1S/C23H27N3O4S2/c1-4-6-12-24-17(27)14-31-23-25-20-18(15(3)19(32-20)22(29)30-5-2)21(28)26(23)13-16-10-8-7-9-11-16/h7-11H,4-6,12-14H2,1-3H3,(H,24,27). The lowest BCUT2D eigenvalue weighted by molar-refractivity contribution is -0.118. The molecule has 0 atom stereocenters. The SMILES string of the molecule is CCCCNC(=O)CSc1nc2sc(C(=O)OCC)c(C)c2c(=O)n1Cc1ccccc1. The van der Waals surface area contributed by atoms with Gasteiger partial charge in [-0.05, 0) is 31.4 Å². The molecule has 0 saturated heterocycles. The van der Waals surface area contributed by atoms with Crippen molar-refractivity contribution in [3.63, 3.8) is 0 Å². The molecule has 3 aromatic rings. The van der Waals surface area contributed by atoms with Gasteiger partial charge in [0.2, 0.25) is 5.91 Å². The second kappa shape index (κ2) is 11.3. The molecule has 1 N–H and O–H groups in total. The van der Waals surface area contributed by atoms with E-state index in [0.29, 0.717) is 38.9 Å². The van der Waals surface area contributed by atoms with E-state index in [1.54, 1.807) is 18.4 Å².